The molecular weight excluding hydrogens is 274 g/mol. The molecule has 0 aliphatic carbocycles. The highest BCUT2D eigenvalue weighted by Crippen LogP contribution is 2.39. The van der Waals surface area contributed by atoms with Crippen LogP contribution in [0, 0.1) is 0 Å². The van der Waals surface area contributed by atoms with Gasteiger partial charge in [0.2, 0.25) is 0 Å². The first-order valence-electron chi connectivity index (χ1n) is 7.10. The van der Waals surface area contributed by atoms with Crippen molar-refractivity contribution in [3.63, 3.8) is 0 Å². The molecule has 0 radical (unpaired) electrons. The van der Waals surface area contributed by atoms with Gasteiger partial charge in [-0.2, -0.15) is 0 Å². The molecule has 0 aliphatic heterocycles. The summed E-state index contributed by atoms with van der Waals surface area (Å²) in [6, 6.07) is 0. The minimum atomic E-state index is -0.906. The van der Waals surface area contributed by atoms with Gasteiger partial charge in [0.1, 0.15) is 15.5 Å². The van der Waals surface area contributed by atoms with Crippen LogP contribution in [0.5, 0.6) is 0 Å². The average molecular weight is 299 g/mol. The number of rotatable bonds is 6. The summed E-state index contributed by atoms with van der Waals surface area (Å²) in [6.07, 6.45) is 1.57. The Morgan fingerprint density at radius 1 is 1.25 bits per heavy atom. The van der Waals surface area contributed by atoms with Crippen LogP contribution >= 0.6 is 11.3 Å². The maximum absolute atomic E-state index is 11.5. The van der Waals surface area contributed by atoms with E-state index < -0.39 is 11.6 Å². The van der Waals surface area contributed by atoms with Crippen LogP contribution in [0.25, 0.3) is 0 Å². The van der Waals surface area contributed by atoms with Gasteiger partial charge in [0.05, 0.1) is 5.69 Å². The molecule has 1 aromatic rings. The quantitative estimate of drug-likeness (QED) is 0.855. The third-order valence-corrected chi connectivity index (χ3v) is 4.71. The molecule has 1 aromatic heterocycles. The summed E-state index contributed by atoms with van der Waals surface area (Å²) in [7, 11) is 0. The molecule has 0 atom stereocenters. The molecule has 0 bridgehead atoms. The van der Waals surface area contributed by atoms with Gasteiger partial charge in [-0.3, -0.25) is 0 Å². The number of nitrogens with zero attached hydrogens (tertiary/aromatic N) is 1. The van der Waals surface area contributed by atoms with Crippen molar-refractivity contribution in [1.29, 1.82) is 0 Å². The largest absolute Gasteiger partial charge is 0.477 e. The third-order valence-electron chi connectivity index (χ3n) is 3.48. The Hall–Kier alpha value is -0.940. The van der Waals surface area contributed by atoms with E-state index in [4.69, 9.17) is 4.74 Å². The second kappa shape index (κ2) is 6.22. The van der Waals surface area contributed by atoms with E-state index in [-0.39, 0.29) is 5.41 Å². The molecule has 0 aromatic carbocycles. The number of thiazole rings is 1. The zero-order valence-corrected chi connectivity index (χ0v) is 14.1. The highest BCUT2D eigenvalue weighted by Gasteiger charge is 2.36. The Morgan fingerprint density at radius 3 is 2.10 bits per heavy atom. The van der Waals surface area contributed by atoms with Crippen molar-refractivity contribution in [1.82, 2.24) is 4.98 Å². The minimum Gasteiger partial charge on any atom is -0.477 e. The molecule has 1 N–H and O–H groups in total. The highest BCUT2D eigenvalue weighted by molar-refractivity contribution is 7.13. The predicted octanol–water partition coefficient (Wildman–Crippen LogP) is 4.19. The molecule has 4 nitrogen and oxygen atoms in total. The van der Waals surface area contributed by atoms with Crippen molar-refractivity contribution in [3.8, 4) is 0 Å². The Morgan fingerprint density at radius 2 is 1.80 bits per heavy atom. The van der Waals surface area contributed by atoms with Crippen LogP contribution in [-0.2, 0) is 15.8 Å². The van der Waals surface area contributed by atoms with E-state index in [2.05, 4.69) is 18.8 Å². The Bertz CT molecular complexity index is 470. The summed E-state index contributed by atoms with van der Waals surface area (Å²) in [4.78, 5) is 16.5. The number of carboxylic acids is 1. The number of carbonyl (C=O) groups is 1. The van der Waals surface area contributed by atoms with Crippen molar-refractivity contribution in [2.45, 2.75) is 65.4 Å². The van der Waals surface area contributed by atoms with E-state index in [1.807, 2.05) is 27.7 Å². The molecule has 0 aliphatic rings. The SMILES string of the molecule is CCOC(CC)(CC)c1nc(C(C)(C)C)c(C(=O)O)s1. The Labute approximate surface area is 125 Å². The van der Waals surface area contributed by atoms with Gasteiger partial charge < -0.3 is 9.84 Å². The lowest BCUT2D eigenvalue weighted by Crippen LogP contribution is -2.28. The van der Waals surface area contributed by atoms with Crippen LogP contribution in [0.1, 0.15) is 74.8 Å². The molecular formula is C15H25NO3S. The van der Waals surface area contributed by atoms with Crippen LogP contribution in [-0.4, -0.2) is 22.7 Å². The molecule has 1 rings (SSSR count). The topological polar surface area (TPSA) is 59.4 Å². The molecule has 0 amide bonds. The van der Waals surface area contributed by atoms with Crippen LogP contribution < -0.4 is 0 Å². The fraction of sp³-hybridized carbons (Fsp3) is 0.733. The average Bonchev–Trinajstić information content (AvgIpc) is 2.81. The zero-order valence-electron chi connectivity index (χ0n) is 13.2. The molecule has 1 heterocycles. The van der Waals surface area contributed by atoms with Crippen LogP contribution in [0.15, 0.2) is 0 Å². The van der Waals surface area contributed by atoms with E-state index in [1.54, 1.807) is 0 Å². The third kappa shape index (κ3) is 3.20. The van der Waals surface area contributed by atoms with E-state index in [0.717, 1.165) is 17.8 Å². The monoisotopic (exact) mass is 299 g/mol. The van der Waals surface area contributed by atoms with E-state index >= 15 is 0 Å². The van der Waals surface area contributed by atoms with E-state index in [0.29, 0.717) is 17.2 Å². The van der Waals surface area contributed by atoms with Gasteiger partial charge in [0.25, 0.3) is 0 Å². The van der Waals surface area contributed by atoms with Crippen LogP contribution in [0.3, 0.4) is 0 Å². The lowest BCUT2D eigenvalue weighted by Gasteiger charge is -2.29. The molecule has 0 unspecified atom stereocenters. The number of hydrogen-bond donors (Lipinski definition) is 1. The van der Waals surface area contributed by atoms with Gasteiger partial charge in [0, 0.05) is 12.0 Å². The molecule has 0 saturated carbocycles. The molecule has 20 heavy (non-hydrogen) atoms. The normalized spacial score (nSPS) is 12.7. The van der Waals surface area contributed by atoms with E-state index in [9.17, 15) is 9.90 Å². The van der Waals surface area contributed by atoms with Crippen molar-refractivity contribution >= 4 is 17.3 Å². The maximum Gasteiger partial charge on any atom is 0.347 e. The maximum atomic E-state index is 11.5. The van der Waals surface area contributed by atoms with Crippen LogP contribution in [0.4, 0.5) is 0 Å². The summed E-state index contributed by atoms with van der Waals surface area (Å²) >= 11 is 1.25. The predicted molar refractivity (Wildman–Crippen MR) is 81.7 cm³/mol. The molecule has 0 saturated heterocycles. The second-order valence-corrected chi connectivity index (χ2v) is 6.89. The summed E-state index contributed by atoms with van der Waals surface area (Å²) in [5.41, 5.74) is -0.106. The van der Waals surface area contributed by atoms with Crippen LogP contribution in [0.2, 0.25) is 0 Å². The van der Waals surface area contributed by atoms with Gasteiger partial charge in [-0.25, -0.2) is 9.78 Å². The number of aromatic carboxylic acids is 1. The van der Waals surface area contributed by atoms with Gasteiger partial charge in [-0.15, -0.1) is 11.3 Å². The lowest BCUT2D eigenvalue weighted by atomic mass is 9.91. The molecule has 0 spiro atoms. The summed E-state index contributed by atoms with van der Waals surface area (Å²) in [5, 5.41) is 10.2. The summed E-state index contributed by atoms with van der Waals surface area (Å²) in [5.74, 6) is -0.906. The number of hydrogen-bond acceptors (Lipinski definition) is 4. The number of aromatic nitrogens is 1. The Kier molecular flexibility index (Phi) is 5.33. The van der Waals surface area contributed by atoms with Crippen molar-refractivity contribution < 1.29 is 14.6 Å². The van der Waals surface area contributed by atoms with Crippen molar-refractivity contribution in [2.24, 2.45) is 0 Å². The fourth-order valence-corrected chi connectivity index (χ4v) is 3.66. The smallest absolute Gasteiger partial charge is 0.347 e. The first-order valence-corrected chi connectivity index (χ1v) is 7.92. The van der Waals surface area contributed by atoms with E-state index in [1.165, 1.54) is 11.3 Å². The fourth-order valence-electron chi connectivity index (χ4n) is 2.26. The second-order valence-electron chi connectivity index (χ2n) is 5.89. The summed E-state index contributed by atoms with van der Waals surface area (Å²) in [6.45, 7) is 12.6. The van der Waals surface area contributed by atoms with Crippen molar-refractivity contribution in [2.75, 3.05) is 6.61 Å². The standard InChI is InChI=1S/C15H25NO3S/c1-7-15(8-2,19-9-3)13-16-11(14(4,5)6)10(20-13)12(17)18/h7-9H2,1-6H3,(H,17,18). The zero-order chi connectivity index (χ0) is 15.6. The highest BCUT2D eigenvalue weighted by atomic mass is 32.1. The first-order chi connectivity index (χ1) is 9.21. The Balaban J connectivity index is 3.43. The van der Waals surface area contributed by atoms with Gasteiger partial charge in [-0.05, 0) is 19.8 Å². The van der Waals surface area contributed by atoms with Gasteiger partial charge >= 0.3 is 5.97 Å². The first kappa shape index (κ1) is 17.1. The number of ether oxygens (including phenoxy) is 1. The molecule has 114 valence electrons. The lowest BCUT2D eigenvalue weighted by molar-refractivity contribution is -0.0507. The molecule has 5 heteroatoms. The van der Waals surface area contributed by atoms with Gasteiger partial charge in [0.15, 0.2) is 0 Å². The minimum absolute atomic E-state index is 0.290. The summed E-state index contributed by atoms with van der Waals surface area (Å²) < 4.78 is 5.93. The van der Waals surface area contributed by atoms with Crippen molar-refractivity contribution in [3.05, 3.63) is 15.6 Å². The van der Waals surface area contributed by atoms with Gasteiger partial charge in [-0.1, -0.05) is 34.6 Å². The number of carboxylic acid groups (broad SMARTS) is 1. The molecule has 0 fully saturated rings.